The van der Waals surface area contributed by atoms with Gasteiger partial charge in [-0.15, -0.1) is 0 Å². The Kier molecular flexibility index (Phi) is 6.83. The minimum absolute atomic E-state index is 0.0399. The summed E-state index contributed by atoms with van der Waals surface area (Å²) in [5.41, 5.74) is 0.298. The number of ether oxygens (including phenoxy) is 1. The van der Waals surface area contributed by atoms with Gasteiger partial charge in [0.15, 0.2) is 0 Å². The highest BCUT2D eigenvalue weighted by atomic mass is 32.4. The molecule has 0 aliphatic heterocycles. The molecule has 0 unspecified atom stereocenters. The maximum absolute atomic E-state index is 12.9. The average molecular weight is 466 g/mol. The molecule has 0 saturated heterocycles. The summed E-state index contributed by atoms with van der Waals surface area (Å²) in [6.45, 7) is 0. The molecule has 0 spiro atoms. The predicted molar refractivity (Wildman–Crippen MR) is 131 cm³/mol. The van der Waals surface area contributed by atoms with Crippen LogP contribution in [0.3, 0.4) is 0 Å². The third-order valence-electron chi connectivity index (χ3n) is 5.99. The Bertz CT molecular complexity index is 1090. The van der Waals surface area contributed by atoms with Crippen LogP contribution in [-0.2, 0) is 16.5 Å². The van der Waals surface area contributed by atoms with Gasteiger partial charge in [0.05, 0.1) is 10.5 Å². The van der Waals surface area contributed by atoms with Crippen LogP contribution in [0, 0.1) is 10.1 Å². The van der Waals surface area contributed by atoms with Gasteiger partial charge in [-0.1, -0.05) is 78.9 Å². The van der Waals surface area contributed by atoms with Crippen LogP contribution < -0.4 is 10.6 Å². The van der Waals surface area contributed by atoms with E-state index in [0.717, 1.165) is 36.3 Å². The molecule has 4 rings (SSSR count). The molecule has 0 radical (unpaired) electrons. The summed E-state index contributed by atoms with van der Waals surface area (Å²) in [7, 11) is 0. The molecule has 3 aromatic carbocycles. The van der Waals surface area contributed by atoms with E-state index in [1.807, 2.05) is 36.4 Å². The molecule has 0 N–H and O–H groups in total. The second kappa shape index (κ2) is 9.76. The SMILES string of the molecule is O=C(O[C@@H]1CCCC[C@@H]1P(=S)(c1ccccc1)c1ccccc1)c1ccc([N+](=O)[O-])cc1. The van der Waals surface area contributed by atoms with E-state index >= 15 is 0 Å². The van der Waals surface area contributed by atoms with Crippen molar-refractivity contribution in [2.24, 2.45) is 0 Å². The molecule has 1 aliphatic rings. The number of hydrogen-bond acceptors (Lipinski definition) is 5. The molecule has 5 nitrogen and oxygen atoms in total. The first-order valence-electron chi connectivity index (χ1n) is 10.7. The number of non-ortho nitro benzene ring substituents is 1. The van der Waals surface area contributed by atoms with Crippen molar-refractivity contribution in [3.63, 3.8) is 0 Å². The number of nitrogens with zero attached hydrogens (tertiary/aromatic N) is 1. The van der Waals surface area contributed by atoms with Crippen LogP contribution in [-0.4, -0.2) is 22.7 Å². The van der Waals surface area contributed by atoms with E-state index in [1.165, 1.54) is 24.3 Å². The van der Waals surface area contributed by atoms with Gasteiger partial charge < -0.3 is 4.74 Å². The highest BCUT2D eigenvalue weighted by molar-refractivity contribution is 8.22. The Morgan fingerprint density at radius 1 is 0.875 bits per heavy atom. The van der Waals surface area contributed by atoms with Crippen LogP contribution in [0.2, 0.25) is 0 Å². The number of benzene rings is 3. The van der Waals surface area contributed by atoms with Crippen molar-refractivity contribution in [1.29, 1.82) is 0 Å². The molecule has 7 heteroatoms. The van der Waals surface area contributed by atoms with Crippen molar-refractivity contribution in [2.45, 2.75) is 37.4 Å². The fraction of sp³-hybridized carbons (Fsp3) is 0.240. The molecule has 32 heavy (non-hydrogen) atoms. The van der Waals surface area contributed by atoms with E-state index in [-0.39, 0.29) is 17.5 Å². The minimum atomic E-state index is -2.26. The van der Waals surface area contributed by atoms with Crippen LogP contribution in [0.4, 0.5) is 5.69 Å². The van der Waals surface area contributed by atoms with Gasteiger partial charge in [-0.25, -0.2) is 4.79 Å². The molecule has 0 aromatic heterocycles. The van der Waals surface area contributed by atoms with Crippen LogP contribution in [0.1, 0.15) is 36.0 Å². The van der Waals surface area contributed by atoms with Gasteiger partial charge in [-0.05, 0) is 42.0 Å². The van der Waals surface area contributed by atoms with Gasteiger partial charge in [0, 0.05) is 23.8 Å². The summed E-state index contributed by atoms with van der Waals surface area (Å²) in [6, 6.07) is 23.7. The van der Waals surface area contributed by atoms with Gasteiger partial charge in [0.1, 0.15) is 6.10 Å². The monoisotopic (exact) mass is 465 g/mol. The maximum atomic E-state index is 12.9. The molecule has 1 fully saturated rings. The number of carbonyl (C=O) groups is 1. The number of hydrogen-bond donors (Lipinski definition) is 0. The van der Waals surface area contributed by atoms with Crippen molar-refractivity contribution in [1.82, 2.24) is 0 Å². The highest BCUT2D eigenvalue weighted by Crippen LogP contribution is 2.54. The second-order valence-corrected chi connectivity index (χ2v) is 12.7. The van der Waals surface area contributed by atoms with Crippen LogP contribution >= 0.6 is 6.04 Å². The minimum Gasteiger partial charge on any atom is -0.458 e. The lowest BCUT2D eigenvalue weighted by molar-refractivity contribution is -0.384. The average Bonchev–Trinajstić information content (AvgIpc) is 2.85. The predicted octanol–water partition coefficient (Wildman–Crippen LogP) is 5.19. The first-order chi connectivity index (χ1) is 15.5. The maximum Gasteiger partial charge on any atom is 0.338 e. The molecular formula is C25H24NO4PS. The van der Waals surface area contributed by atoms with Crippen LogP contribution in [0.5, 0.6) is 0 Å². The zero-order valence-corrected chi connectivity index (χ0v) is 19.2. The van der Waals surface area contributed by atoms with Crippen molar-refractivity contribution in [2.75, 3.05) is 0 Å². The van der Waals surface area contributed by atoms with E-state index in [9.17, 15) is 14.9 Å². The lowest BCUT2D eigenvalue weighted by atomic mass is 9.97. The van der Waals surface area contributed by atoms with E-state index in [0.29, 0.717) is 5.56 Å². The molecular weight excluding hydrogens is 441 g/mol. The van der Waals surface area contributed by atoms with Gasteiger partial charge >= 0.3 is 5.97 Å². The molecule has 0 bridgehead atoms. The Balaban J connectivity index is 1.67. The van der Waals surface area contributed by atoms with Gasteiger partial charge in [-0.2, -0.15) is 0 Å². The van der Waals surface area contributed by atoms with Crippen molar-refractivity contribution >= 4 is 40.1 Å². The standard InChI is InChI=1S/C25H24NO4PS/c27-25(19-15-17-20(18-16-19)26(28)29)30-23-13-7-8-14-24(23)31(32,21-9-3-1-4-10-21)22-11-5-2-6-12-22/h1-6,9-12,15-18,23-24H,7-8,13-14H2/t23-,24+/m1/s1. The van der Waals surface area contributed by atoms with Gasteiger partial charge in [0.25, 0.3) is 5.69 Å². The smallest absolute Gasteiger partial charge is 0.338 e. The molecule has 0 amide bonds. The normalized spacial score (nSPS) is 18.6. The summed E-state index contributed by atoms with van der Waals surface area (Å²) >= 11 is 6.49. The summed E-state index contributed by atoms with van der Waals surface area (Å²) in [6.07, 6.45) is 3.40. The Morgan fingerprint density at radius 3 is 1.94 bits per heavy atom. The molecule has 164 valence electrons. The summed E-state index contributed by atoms with van der Waals surface area (Å²) in [5.74, 6) is -0.459. The van der Waals surface area contributed by atoms with E-state index < -0.39 is 16.9 Å². The number of nitro benzene ring substituents is 1. The third kappa shape index (κ3) is 4.52. The van der Waals surface area contributed by atoms with Crippen LogP contribution in [0.15, 0.2) is 84.9 Å². The Labute approximate surface area is 192 Å². The summed E-state index contributed by atoms with van der Waals surface area (Å²) in [5, 5.41) is 13.2. The summed E-state index contributed by atoms with van der Waals surface area (Å²) in [4.78, 5) is 23.3. The molecule has 2 atom stereocenters. The topological polar surface area (TPSA) is 69.4 Å². The Morgan fingerprint density at radius 2 is 1.41 bits per heavy atom. The third-order valence-corrected chi connectivity index (χ3v) is 11.7. The lowest BCUT2D eigenvalue weighted by Gasteiger charge is -2.40. The molecule has 1 saturated carbocycles. The quantitative estimate of drug-likeness (QED) is 0.217. The number of rotatable bonds is 6. The van der Waals surface area contributed by atoms with Gasteiger partial charge in [-0.3, -0.25) is 10.1 Å². The van der Waals surface area contributed by atoms with Gasteiger partial charge in [0.2, 0.25) is 0 Å². The first-order valence-corrected chi connectivity index (χ1v) is 13.5. The Hall–Kier alpha value is -2.82. The fourth-order valence-corrected chi connectivity index (χ4v) is 9.36. The van der Waals surface area contributed by atoms with Crippen LogP contribution in [0.25, 0.3) is 0 Å². The fourth-order valence-electron chi connectivity index (χ4n) is 4.39. The highest BCUT2D eigenvalue weighted by Gasteiger charge is 2.40. The zero-order valence-electron chi connectivity index (χ0n) is 17.5. The number of carbonyl (C=O) groups excluding carboxylic acids is 1. The lowest BCUT2D eigenvalue weighted by Crippen LogP contribution is -2.39. The molecule has 3 aromatic rings. The van der Waals surface area contributed by atoms with Crippen molar-refractivity contribution in [3.8, 4) is 0 Å². The molecule has 1 aliphatic carbocycles. The molecule has 0 heterocycles. The van der Waals surface area contributed by atoms with Crippen molar-refractivity contribution in [3.05, 3.63) is 101 Å². The first kappa shape index (κ1) is 22.4. The zero-order chi connectivity index (χ0) is 22.6. The van der Waals surface area contributed by atoms with E-state index in [4.69, 9.17) is 16.5 Å². The van der Waals surface area contributed by atoms with Crippen molar-refractivity contribution < 1.29 is 14.5 Å². The van der Waals surface area contributed by atoms with E-state index in [2.05, 4.69) is 24.3 Å². The number of esters is 1. The van der Waals surface area contributed by atoms with E-state index in [1.54, 1.807) is 0 Å². The number of nitro groups is 1. The second-order valence-electron chi connectivity index (χ2n) is 7.93. The summed E-state index contributed by atoms with van der Waals surface area (Å²) < 4.78 is 6.03. The largest absolute Gasteiger partial charge is 0.458 e.